The number of carboxylic acids is 1. The van der Waals surface area contributed by atoms with Crippen molar-refractivity contribution in [2.75, 3.05) is 13.1 Å². The largest absolute Gasteiger partial charge is 0.478 e. The van der Waals surface area contributed by atoms with Crippen LogP contribution in [0.5, 0.6) is 0 Å². The molecule has 18 heavy (non-hydrogen) atoms. The average Bonchev–Trinajstić information content (AvgIpc) is 2.38. The van der Waals surface area contributed by atoms with E-state index in [9.17, 15) is 9.59 Å². The summed E-state index contributed by atoms with van der Waals surface area (Å²) in [7, 11) is 0. The number of piperidine rings is 1. The predicted molar refractivity (Wildman–Crippen MR) is 64.3 cm³/mol. The minimum atomic E-state index is -1.15. The van der Waals surface area contributed by atoms with E-state index in [-0.39, 0.29) is 23.1 Å². The number of hydrogen-bond acceptors (Lipinski definition) is 4. The minimum Gasteiger partial charge on any atom is -0.478 e. The highest BCUT2D eigenvalue weighted by Crippen LogP contribution is 2.15. The summed E-state index contributed by atoms with van der Waals surface area (Å²) in [5.74, 6) is -1.43. The average molecular weight is 249 g/mol. The van der Waals surface area contributed by atoms with E-state index in [1.807, 2.05) is 0 Å². The van der Waals surface area contributed by atoms with Crippen LogP contribution >= 0.6 is 0 Å². The van der Waals surface area contributed by atoms with E-state index in [1.165, 1.54) is 18.5 Å². The van der Waals surface area contributed by atoms with Gasteiger partial charge in [0.05, 0.1) is 11.1 Å². The summed E-state index contributed by atoms with van der Waals surface area (Å²) in [5, 5.41) is 9.03. The first-order valence-corrected chi connectivity index (χ1v) is 5.81. The molecule has 1 aliphatic rings. The van der Waals surface area contributed by atoms with Gasteiger partial charge in [-0.15, -0.1) is 0 Å². The van der Waals surface area contributed by atoms with Gasteiger partial charge in [-0.2, -0.15) is 0 Å². The molecule has 1 saturated heterocycles. The highest BCUT2D eigenvalue weighted by molar-refractivity contribution is 6.04. The van der Waals surface area contributed by atoms with Crippen LogP contribution in [-0.4, -0.2) is 46.0 Å². The lowest BCUT2D eigenvalue weighted by Crippen LogP contribution is -2.46. The Morgan fingerprint density at radius 2 is 2.22 bits per heavy atom. The summed E-state index contributed by atoms with van der Waals surface area (Å²) in [6.07, 6.45) is 4.36. The quantitative estimate of drug-likeness (QED) is 0.788. The van der Waals surface area contributed by atoms with E-state index in [4.69, 9.17) is 10.8 Å². The third kappa shape index (κ3) is 2.48. The van der Waals surface area contributed by atoms with Crippen molar-refractivity contribution >= 4 is 11.9 Å². The van der Waals surface area contributed by atoms with Gasteiger partial charge in [0.2, 0.25) is 0 Å². The maximum absolute atomic E-state index is 12.2. The number of carboxylic acid groups (broad SMARTS) is 1. The molecule has 0 saturated carbocycles. The first-order valence-electron chi connectivity index (χ1n) is 5.81. The van der Waals surface area contributed by atoms with E-state index >= 15 is 0 Å². The zero-order chi connectivity index (χ0) is 13.1. The molecule has 2 rings (SSSR count). The van der Waals surface area contributed by atoms with E-state index in [1.54, 1.807) is 4.90 Å². The number of pyridine rings is 1. The van der Waals surface area contributed by atoms with Crippen LogP contribution in [0.1, 0.15) is 33.6 Å². The Labute approximate surface area is 104 Å². The SMILES string of the molecule is NC1CCCN(C(=O)c2ccncc2C(=O)O)C1. The molecular weight excluding hydrogens is 234 g/mol. The first-order chi connectivity index (χ1) is 8.59. The fourth-order valence-corrected chi connectivity index (χ4v) is 2.12. The molecule has 0 spiro atoms. The zero-order valence-electron chi connectivity index (χ0n) is 9.87. The van der Waals surface area contributed by atoms with Gasteiger partial charge in [0.25, 0.3) is 5.91 Å². The number of rotatable bonds is 2. The first kappa shape index (κ1) is 12.5. The molecule has 6 heteroatoms. The van der Waals surface area contributed by atoms with Gasteiger partial charge in [-0.1, -0.05) is 0 Å². The number of hydrogen-bond donors (Lipinski definition) is 2. The summed E-state index contributed by atoms with van der Waals surface area (Å²) >= 11 is 0. The molecule has 96 valence electrons. The summed E-state index contributed by atoms with van der Waals surface area (Å²) < 4.78 is 0. The molecule has 0 bridgehead atoms. The molecule has 6 nitrogen and oxygen atoms in total. The van der Waals surface area contributed by atoms with Crippen molar-refractivity contribution in [2.24, 2.45) is 5.73 Å². The third-order valence-electron chi connectivity index (χ3n) is 3.03. The van der Waals surface area contributed by atoms with Crippen molar-refractivity contribution in [1.29, 1.82) is 0 Å². The van der Waals surface area contributed by atoms with Crippen molar-refractivity contribution in [1.82, 2.24) is 9.88 Å². The van der Waals surface area contributed by atoms with Crippen molar-refractivity contribution in [3.63, 3.8) is 0 Å². The lowest BCUT2D eigenvalue weighted by molar-refractivity contribution is 0.0660. The van der Waals surface area contributed by atoms with Crippen LogP contribution in [0.4, 0.5) is 0 Å². The molecule has 0 aliphatic carbocycles. The maximum Gasteiger partial charge on any atom is 0.338 e. The second kappa shape index (κ2) is 5.14. The molecule has 2 heterocycles. The van der Waals surface area contributed by atoms with Crippen LogP contribution in [-0.2, 0) is 0 Å². The standard InChI is InChI=1S/C12H15N3O3/c13-8-2-1-5-15(7-8)11(16)9-3-4-14-6-10(9)12(17)18/h3-4,6,8H,1-2,5,7,13H2,(H,17,18). The normalized spacial score (nSPS) is 19.6. The lowest BCUT2D eigenvalue weighted by Gasteiger charge is -2.31. The number of nitrogens with two attached hydrogens (primary N) is 1. The van der Waals surface area contributed by atoms with Gasteiger partial charge >= 0.3 is 5.97 Å². The second-order valence-corrected chi connectivity index (χ2v) is 4.38. The predicted octanol–water partition coefficient (Wildman–Crippen LogP) is 0.343. The highest BCUT2D eigenvalue weighted by atomic mass is 16.4. The van der Waals surface area contributed by atoms with Gasteiger partial charge < -0.3 is 15.7 Å². The molecule has 1 aliphatic heterocycles. The Morgan fingerprint density at radius 3 is 2.89 bits per heavy atom. The zero-order valence-corrected chi connectivity index (χ0v) is 9.87. The number of aromatic carboxylic acids is 1. The van der Waals surface area contributed by atoms with Gasteiger partial charge in [0, 0.05) is 31.5 Å². The molecule has 1 aromatic heterocycles. The third-order valence-corrected chi connectivity index (χ3v) is 3.03. The molecule has 1 fully saturated rings. The van der Waals surface area contributed by atoms with Gasteiger partial charge in [0.1, 0.15) is 0 Å². The lowest BCUT2D eigenvalue weighted by atomic mass is 10.0. The Kier molecular flexibility index (Phi) is 3.57. The minimum absolute atomic E-state index is 0.0298. The van der Waals surface area contributed by atoms with Crippen LogP contribution in [0, 0.1) is 0 Å². The van der Waals surface area contributed by atoms with Crippen molar-refractivity contribution < 1.29 is 14.7 Å². The monoisotopic (exact) mass is 249 g/mol. The number of amides is 1. The fourth-order valence-electron chi connectivity index (χ4n) is 2.12. The van der Waals surface area contributed by atoms with Crippen LogP contribution in [0.2, 0.25) is 0 Å². The number of nitrogens with zero attached hydrogens (tertiary/aromatic N) is 2. The molecule has 0 aromatic carbocycles. The van der Waals surface area contributed by atoms with Gasteiger partial charge in [0.15, 0.2) is 0 Å². The van der Waals surface area contributed by atoms with E-state index < -0.39 is 5.97 Å². The fraction of sp³-hybridized carbons (Fsp3) is 0.417. The molecule has 1 amide bonds. The van der Waals surface area contributed by atoms with Crippen LogP contribution in [0.25, 0.3) is 0 Å². The van der Waals surface area contributed by atoms with Gasteiger partial charge in [-0.05, 0) is 18.9 Å². The van der Waals surface area contributed by atoms with Crippen LogP contribution < -0.4 is 5.73 Å². The Bertz CT molecular complexity index is 475. The molecule has 0 radical (unpaired) electrons. The summed E-state index contributed by atoms with van der Waals surface area (Å²) in [6.45, 7) is 1.09. The van der Waals surface area contributed by atoms with Crippen LogP contribution in [0.15, 0.2) is 18.5 Å². The van der Waals surface area contributed by atoms with Gasteiger partial charge in [-0.3, -0.25) is 9.78 Å². The Hall–Kier alpha value is -1.95. The Balaban J connectivity index is 2.25. The molecule has 1 aromatic rings. The van der Waals surface area contributed by atoms with Crippen molar-refractivity contribution in [3.05, 3.63) is 29.6 Å². The number of carbonyl (C=O) groups excluding carboxylic acids is 1. The maximum atomic E-state index is 12.2. The van der Waals surface area contributed by atoms with E-state index in [0.29, 0.717) is 13.1 Å². The van der Waals surface area contributed by atoms with Crippen LogP contribution in [0.3, 0.4) is 0 Å². The summed E-state index contributed by atoms with van der Waals surface area (Å²) in [5.41, 5.74) is 5.92. The van der Waals surface area contributed by atoms with Gasteiger partial charge in [-0.25, -0.2) is 4.79 Å². The van der Waals surface area contributed by atoms with E-state index in [2.05, 4.69) is 4.98 Å². The molecular formula is C12H15N3O3. The number of aromatic nitrogens is 1. The topological polar surface area (TPSA) is 96.5 Å². The molecule has 1 atom stereocenters. The van der Waals surface area contributed by atoms with Crippen molar-refractivity contribution in [2.45, 2.75) is 18.9 Å². The summed E-state index contributed by atoms with van der Waals surface area (Å²) in [6, 6.07) is 1.41. The van der Waals surface area contributed by atoms with Crippen molar-refractivity contribution in [3.8, 4) is 0 Å². The van der Waals surface area contributed by atoms with E-state index in [0.717, 1.165) is 12.8 Å². The smallest absolute Gasteiger partial charge is 0.338 e. The summed E-state index contributed by atoms with van der Waals surface area (Å²) in [4.78, 5) is 28.6. The highest BCUT2D eigenvalue weighted by Gasteiger charge is 2.25. The Morgan fingerprint density at radius 1 is 1.44 bits per heavy atom. The number of carbonyl (C=O) groups is 2. The second-order valence-electron chi connectivity index (χ2n) is 4.38. The molecule has 1 unspecified atom stereocenters. The molecule has 3 N–H and O–H groups in total. The number of likely N-dealkylation sites (tertiary alicyclic amines) is 1.